The topological polar surface area (TPSA) is 80.7 Å². The van der Waals surface area contributed by atoms with Crippen molar-refractivity contribution in [3.8, 4) is 0 Å². The molecule has 4 heteroatoms. The molecule has 3 aromatic rings. The van der Waals surface area contributed by atoms with Crippen molar-refractivity contribution in [2.75, 3.05) is 0 Å². The van der Waals surface area contributed by atoms with E-state index in [-0.39, 0.29) is 6.04 Å². The number of nitrogens with one attached hydrogen (secondary N) is 1. The first-order chi connectivity index (χ1) is 9.28. The molecule has 0 aliphatic heterocycles. The number of aromatic amines is 1. The van der Waals surface area contributed by atoms with Gasteiger partial charge in [0, 0.05) is 6.54 Å². The molecule has 0 radical (unpaired) electrons. The summed E-state index contributed by atoms with van der Waals surface area (Å²) in [6.45, 7) is 0.551. The third kappa shape index (κ3) is 2.23. The quantitative estimate of drug-likeness (QED) is 0.667. The van der Waals surface area contributed by atoms with Gasteiger partial charge in [0.05, 0.1) is 23.4 Å². The lowest BCUT2D eigenvalue weighted by Gasteiger charge is -2.13. The number of hydrogen-bond acceptors (Lipinski definition) is 3. The summed E-state index contributed by atoms with van der Waals surface area (Å²) in [4.78, 5) is 7.31. The Bertz CT molecular complexity index is 685. The van der Waals surface area contributed by atoms with Gasteiger partial charge in [-0.1, -0.05) is 30.3 Å². The molecule has 1 heterocycles. The van der Waals surface area contributed by atoms with E-state index in [1.165, 1.54) is 0 Å². The third-order valence-electron chi connectivity index (χ3n) is 3.38. The number of aromatic nitrogens is 2. The average Bonchev–Trinajstić information content (AvgIpc) is 2.94. The van der Waals surface area contributed by atoms with E-state index in [9.17, 15) is 0 Å². The van der Waals surface area contributed by atoms with Gasteiger partial charge < -0.3 is 16.5 Å². The first-order valence-corrected chi connectivity index (χ1v) is 6.25. The van der Waals surface area contributed by atoms with Crippen LogP contribution in [-0.2, 0) is 6.54 Å². The van der Waals surface area contributed by atoms with Crippen LogP contribution in [0.3, 0.4) is 0 Å². The fraction of sp³-hybridized carbons (Fsp3) is 0.133. The number of hydrogen-bond donors (Lipinski definition) is 3. The zero-order valence-corrected chi connectivity index (χ0v) is 10.5. The molecule has 0 aliphatic carbocycles. The van der Waals surface area contributed by atoms with Crippen LogP contribution in [0, 0.1) is 0 Å². The fourth-order valence-electron chi connectivity index (χ4n) is 2.20. The number of nitrogens with zero attached hydrogens (tertiary/aromatic N) is 1. The van der Waals surface area contributed by atoms with E-state index in [2.05, 4.69) is 9.97 Å². The zero-order chi connectivity index (χ0) is 13.2. The second-order valence-corrected chi connectivity index (χ2v) is 4.60. The Labute approximate surface area is 111 Å². The molecular formula is C15H16N4. The van der Waals surface area contributed by atoms with Crippen molar-refractivity contribution in [3.05, 3.63) is 65.5 Å². The Morgan fingerprint density at radius 2 is 1.79 bits per heavy atom. The van der Waals surface area contributed by atoms with Gasteiger partial charge in [-0.2, -0.15) is 0 Å². The van der Waals surface area contributed by atoms with Crippen LogP contribution in [0.1, 0.15) is 22.7 Å². The van der Waals surface area contributed by atoms with Crippen LogP contribution in [0.2, 0.25) is 0 Å². The minimum atomic E-state index is -0.139. The highest BCUT2D eigenvalue weighted by Crippen LogP contribution is 2.22. The van der Waals surface area contributed by atoms with E-state index in [1.807, 2.05) is 42.5 Å². The molecule has 0 aliphatic rings. The predicted octanol–water partition coefficient (Wildman–Crippen LogP) is 2.07. The van der Waals surface area contributed by atoms with Gasteiger partial charge in [-0.25, -0.2) is 4.98 Å². The first-order valence-electron chi connectivity index (χ1n) is 6.25. The minimum Gasteiger partial charge on any atom is -0.345 e. The Kier molecular flexibility index (Phi) is 3.03. The average molecular weight is 252 g/mol. The molecular weight excluding hydrogens is 236 g/mol. The molecule has 0 saturated heterocycles. The van der Waals surface area contributed by atoms with Gasteiger partial charge in [-0.05, 0) is 28.8 Å². The van der Waals surface area contributed by atoms with Crippen LogP contribution in [0.25, 0.3) is 11.0 Å². The van der Waals surface area contributed by atoms with E-state index in [4.69, 9.17) is 11.5 Å². The van der Waals surface area contributed by atoms with Gasteiger partial charge in [-0.3, -0.25) is 0 Å². The van der Waals surface area contributed by atoms with Crippen molar-refractivity contribution in [2.45, 2.75) is 12.6 Å². The first kappa shape index (κ1) is 11.9. The maximum atomic E-state index is 6.30. The van der Waals surface area contributed by atoms with Crippen molar-refractivity contribution in [1.29, 1.82) is 0 Å². The molecule has 1 unspecified atom stereocenters. The lowest BCUT2D eigenvalue weighted by molar-refractivity contribution is 0.871. The maximum Gasteiger partial charge on any atom is 0.0931 e. The van der Waals surface area contributed by atoms with Crippen molar-refractivity contribution in [3.63, 3.8) is 0 Å². The van der Waals surface area contributed by atoms with Crippen molar-refractivity contribution in [1.82, 2.24) is 9.97 Å². The van der Waals surface area contributed by atoms with Crippen LogP contribution in [0.15, 0.2) is 48.8 Å². The molecule has 1 aromatic heterocycles. The standard InChI is InChI=1S/C15H16N4/c16-8-10-1-3-11(4-2-10)15(17)12-5-6-13-14(7-12)19-9-18-13/h1-7,9,15H,8,16-17H2,(H,18,19). The Hall–Kier alpha value is -2.17. The molecule has 2 aromatic carbocycles. The number of rotatable bonds is 3. The Morgan fingerprint density at radius 1 is 1.05 bits per heavy atom. The summed E-state index contributed by atoms with van der Waals surface area (Å²) < 4.78 is 0. The van der Waals surface area contributed by atoms with Gasteiger partial charge in [0.2, 0.25) is 0 Å². The molecule has 1 atom stereocenters. The second-order valence-electron chi connectivity index (χ2n) is 4.60. The van der Waals surface area contributed by atoms with Gasteiger partial charge >= 0.3 is 0 Å². The van der Waals surface area contributed by atoms with Crippen molar-refractivity contribution >= 4 is 11.0 Å². The molecule has 0 spiro atoms. The zero-order valence-electron chi connectivity index (χ0n) is 10.5. The summed E-state index contributed by atoms with van der Waals surface area (Å²) in [6.07, 6.45) is 1.69. The fourth-order valence-corrected chi connectivity index (χ4v) is 2.20. The second kappa shape index (κ2) is 4.84. The van der Waals surface area contributed by atoms with Crippen LogP contribution < -0.4 is 11.5 Å². The molecule has 5 N–H and O–H groups in total. The number of imidazole rings is 1. The van der Waals surface area contributed by atoms with Gasteiger partial charge in [0.25, 0.3) is 0 Å². The lowest BCUT2D eigenvalue weighted by atomic mass is 9.98. The summed E-state index contributed by atoms with van der Waals surface area (Å²) in [6, 6.07) is 14.0. The van der Waals surface area contributed by atoms with Crippen molar-refractivity contribution in [2.24, 2.45) is 11.5 Å². The largest absolute Gasteiger partial charge is 0.345 e. The monoisotopic (exact) mass is 252 g/mol. The summed E-state index contributed by atoms with van der Waals surface area (Å²) >= 11 is 0. The van der Waals surface area contributed by atoms with Gasteiger partial charge in [0.1, 0.15) is 0 Å². The van der Waals surface area contributed by atoms with Crippen LogP contribution in [0.5, 0.6) is 0 Å². The number of nitrogens with two attached hydrogens (primary N) is 2. The molecule has 0 saturated carbocycles. The normalized spacial score (nSPS) is 12.7. The molecule has 19 heavy (non-hydrogen) atoms. The molecule has 0 bridgehead atoms. The smallest absolute Gasteiger partial charge is 0.0931 e. The summed E-state index contributed by atoms with van der Waals surface area (Å²) in [5, 5.41) is 0. The van der Waals surface area contributed by atoms with Crippen LogP contribution in [0.4, 0.5) is 0 Å². The highest BCUT2D eigenvalue weighted by Gasteiger charge is 2.10. The summed E-state index contributed by atoms with van der Waals surface area (Å²) in [5.41, 5.74) is 17.1. The van der Waals surface area contributed by atoms with E-state index in [1.54, 1.807) is 6.33 Å². The predicted molar refractivity (Wildman–Crippen MR) is 76.5 cm³/mol. The van der Waals surface area contributed by atoms with Crippen molar-refractivity contribution < 1.29 is 0 Å². The molecule has 96 valence electrons. The highest BCUT2D eigenvalue weighted by molar-refractivity contribution is 5.75. The molecule has 4 nitrogen and oxygen atoms in total. The van der Waals surface area contributed by atoms with Crippen LogP contribution >= 0.6 is 0 Å². The molecule has 0 fully saturated rings. The SMILES string of the molecule is NCc1ccc(C(N)c2ccc3nc[nH]c3c2)cc1. The maximum absolute atomic E-state index is 6.30. The number of benzene rings is 2. The number of H-pyrrole nitrogens is 1. The van der Waals surface area contributed by atoms with Gasteiger partial charge in [-0.15, -0.1) is 0 Å². The van der Waals surface area contributed by atoms with E-state index in [0.29, 0.717) is 6.54 Å². The number of fused-ring (bicyclic) bond motifs is 1. The summed E-state index contributed by atoms with van der Waals surface area (Å²) in [7, 11) is 0. The Balaban J connectivity index is 1.94. The van der Waals surface area contributed by atoms with Crippen LogP contribution in [-0.4, -0.2) is 9.97 Å². The highest BCUT2D eigenvalue weighted by atomic mass is 14.9. The van der Waals surface area contributed by atoms with E-state index >= 15 is 0 Å². The Morgan fingerprint density at radius 3 is 2.53 bits per heavy atom. The minimum absolute atomic E-state index is 0.139. The van der Waals surface area contributed by atoms with E-state index in [0.717, 1.165) is 27.7 Å². The summed E-state index contributed by atoms with van der Waals surface area (Å²) in [5.74, 6) is 0. The lowest BCUT2D eigenvalue weighted by Crippen LogP contribution is -2.12. The third-order valence-corrected chi connectivity index (χ3v) is 3.38. The molecule has 3 rings (SSSR count). The van der Waals surface area contributed by atoms with E-state index < -0.39 is 0 Å². The molecule has 0 amide bonds. The van der Waals surface area contributed by atoms with Gasteiger partial charge in [0.15, 0.2) is 0 Å².